The molecule has 8 aromatic carbocycles. The third-order valence-electron chi connectivity index (χ3n) is 16.0. The monoisotopic (exact) mass is 1030 g/mol. The molecule has 0 fully saturated rings. The number of fused-ring (bicyclic) bond motifs is 9. The quantitative estimate of drug-likeness (QED) is 0.0643. The number of aliphatic imine (C=N–C) groups is 1. The Morgan fingerprint density at radius 1 is 0.550 bits per heavy atom. The minimum Gasteiger partial charge on any atom is -0.314 e. The first kappa shape index (κ1) is 49.4. The zero-order valence-corrected chi connectivity index (χ0v) is 45.6. The van der Waals surface area contributed by atoms with Crippen LogP contribution in [0.25, 0.3) is 88.8 Å². The summed E-state index contributed by atoms with van der Waals surface area (Å²) in [5, 5.41) is 4.57. The van der Waals surface area contributed by atoms with E-state index in [0.717, 1.165) is 112 Å². The van der Waals surface area contributed by atoms with Crippen LogP contribution in [-0.2, 0) is 13.6 Å². The SMILES string of the molecule is C=C/C(=C\C=C(/C)N(c1cccc(-c2cccc[n+]2C)c1C)c1cccc2c1C[n+]1ccccc1-2)c1ccc2c(c1)c1cc3c4ccccc4n(C(=C)/N=C(\C=C(/C)c4ccccc4)c4ccccc4)c3cc1n2-c1ccccc1. The van der Waals surface area contributed by atoms with Crippen molar-refractivity contribution < 1.29 is 9.13 Å². The lowest BCUT2D eigenvalue weighted by molar-refractivity contribution is -0.672. The molecule has 12 aromatic rings. The van der Waals surface area contributed by atoms with Crippen molar-refractivity contribution in [2.75, 3.05) is 4.90 Å². The first-order valence-corrected chi connectivity index (χ1v) is 27.3. The molecule has 0 spiro atoms. The molecule has 6 heteroatoms. The normalized spacial score (nSPS) is 12.8. The standard InChI is InChI=1S/C74H60N6/c1-7-54(40-39-51(3)78(67-37-23-32-59(52(67)4)68-34-19-21-43-76(68)6)71-38-24-33-61-65(71)49-77-44-22-20-35-69(61)77)57-41-42-72-62(46-57)64-47-63-60-31-17-18-36-70(60)79(73(63)48-74(64)80(72)58-29-15-10-16-30-58)53(5)75-66(56-27-13-9-14-28-56)45-50(2)55-25-11-8-12-26-55/h7-48H,1,5,49H2,2-4,6H3/q+2/b50-45+,51-39+,54-40+,75-66+. The van der Waals surface area contributed by atoms with Gasteiger partial charge in [-0.05, 0) is 140 Å². The van der Waals surface area contributed by atoms with Gasteiger partial charge in [-0.25, -0.2) is 9.56 Å². The van der Waals surface area contributed by atoms with Crippen LogP contribution in [-0.4, -0.2) is 14.8 Å². The summed E-state index contributed by atoms with van der Waals surface area (Å²) in [6.45, 7) is 16.6. The Kier molecular flexibility index (Phi) is 12.8. The van der Waals surface area contributed by atoms with Crippen molar-refractivity contribution in [1.82, 2.24) is 9.13 Å². The van der Waals surface area contributed by atoms with E-state index in [1.54, 1.807) is 0 Å². The predicted molar refractivity (Wildman–Crippen MR) is 335 cm³/mol. The second-order valence-corrected chi connectivity index (χ2v) is 20.7. The third kappa shape index (κ3) is 8.68. The molecule has 0 bridgehead atoms. The molecule has 6 nitrogen and oxygen atoms in total. The van der Waals surface area contributed by atoms with Gasteiger partial charge in [-0.2, -0.15) is 4.57 Å². The van der Waals surface area contributed by atoms with E-state index in [-0.39, 0.29) is 0 Å². The van der Waals surface area contributed by atoms with Gasteiger partial charge in [0.15, 0.2) is 18.9 Å². The summed E-state index contributed by atoms with van der Waals surface area (Å²) in [5.41, 5.74) is 22.3. The van der Waals surface area contributed by atoms with Crippen molar-refractivity contribution in [1.29, 1.82) is 0 Å². The van der Waals surface area contributed by atoms with Gasteiger partial charge in [0, 0.05) is 68.4 Å². The Balaban J connectivity index is 0.960. The van der Waals surface area contributed by atoms with E-state index in [4.69, 9.17) is 11.6 Å². The number of anilines is 2. The fourth-order valence-electron chi connectivity index (χ4n) is 12.0. The zero-order valence-electron chi connectivity index (χ0n) is 45.6. The van der Waals surface area contributed by atoms with Crippen LogP contribution in [0.15, 0.2) is 279 Å². The summed E-state index contributed by atoms with van der Waals surface area (Å²) >= 11 is 0. The number of hydrogen-bond acceptors (Lipinski definition) is 2. The number of pyridine rings is 2. The van der Waals surface area contributed by atoms with Crippen LogP contribution < -0.4 is 14.0 Å². The number of aromatic nitrogens is 4. The van der Waals surface area contributed by atoms with Crippen LogP contribution in [0.3, 0.4) is 0 Å². The number of nitrogens with zero attached hydrogens (tertiary/aromatic N) is 6. The largest absolute Gasteiger partial charge is 0.314 e. The summed E-state index contributed by atoms with van der Waals surface area (Å²) in [4.78, 5) is 7.85. The molecule has 0 atom stereocenters. The fourth-order valence-corrected chi connectivity index (χ4v) is 12.0. The molecule has 13 rings (SSSR count). The maximum absolute atomic E-state index is 5.40. The van der Waals surface area contributed by atoms with Gasteiger partial charge in [-0.15, -0.1) is 0 Å². The van der Waals surface area contributed by atoms with Gasteiger partial charge in [0.2, 0.25) is 11.4 Å². The van der Waals surface area contributed by atoms with Crippen molar-refractivity contribution in [3.63, 3.8) is 0 Å². The molecule has 0 radical (unpaired) electrons. The van der Waals surface area contributed by atoms with Crippen LogP contribution in [0.2, 0.25) is 0 Å². The fraction of sp³-hybridized carbons (Fsp3) is 0.0676. The lowest BCUT2D eigenvalue weighted by Gasteiger charge is -2.29. The van der Waals surface area contributed by atoms with E-state index in [1.807, 2.05) is 18.2 Å². The number of allylic oxidation sites excluding steroid dienone is 7. The Morgan fingerprint density at radius 3 is 1.96 bits per heavy atom. The molecule has 5 heterocycles. The topological polar surface area (TPSA) is 33.2 Å². The average Bonchev–Trinajstić information content (AvgIpc) is 4.24. The third-order valence-corrected chi connectivity index (χ3v) is 16.0. The van der Waals surface area contributed by atoms with Gasteiger partial charge in [0.05, 0.1) is 50.2 Å². The molecule has 0 amide bonds. The predicted octanol–water partition coefficient (Wildman–Crippen LogP) is 17.3. The van der Waals surface area contributed by atoms with Gasteiger partial charge in [0.1, 0.15) is 12.9 Å². The summed E-state index contributed by atoms with van der Waals surface area (Å²) < 4.78 is 9.17. The highest BCUT2D eigenvalue weighted by Gasteiger charge is 2.31. The Morgan fingerprint density at radius 2 is 1.20 bits per heavy atom. The molecule has 0 N–H and O–H groups in total. The molecule has 80 heavy (non-hydrogen) atoms. The van der Waals surface area contributed by atoms with Crippen LogP contribution in [0.4, 0.5) is 11.4 Å². The summed E-state index contributed by atoms with van der Waals surface area (Å²) in [7, 11) is 2.12. The maximum Gasteiger partial charge on any atom is 0.213 e. The average molecular weight is 1030 g/mol. The minimum atomic E-state index is 0.632. The molecule has 0 unspecified atom stereocenters. The molecule has 4 aromatic heterocycles. The van der Waals surface area contributed by atoms with Crippen LogP contribution in [0.5, 0.6) is 0 Å². The molecular weight excluding hydrogens is 973 g/mol. The van der Waals surface area contributed by atoms with E-state index in [1.165, 1.54) is 27.9 Å². The van der Waals surface area contributed by atoms with Crippen molar-refractivity contribution in [2.24, 2.45) is 12.0 Å². The number of benzene rings is 8. The van der Waals surface area contributed by atoms with Gasteiger partial charge in [0.25, 0.3) is 0 Å². The molecule has 0 saturated carbocycles. The summed E-state index contributed by atoms with van der Waals surface area (Å²) in [6, 6.07) is 78.0. The Hall–Kier alpha value is -10.2. The summed E-state index contributed by atoms with van der Waals surface area (Å²) in [5.74, 6) is 0.632. The summed E-state index contributed by atoms with van der Waals surface area (Å²) in [6.07, 6.45) is 12.9. The number of hydrogen-bond donors (Lipinski definition) is 0. The van der Waals surface area contributed by atoms with Crippen molar-refractivity contribution in [2.45, 2.75) is 27.3 Å². The first-order valence-electron chi connectivity index (χ1n) is 27.3. The number of para-hydroxylation sites is 2. The Bertz CT molecular complexity index is 4570. The minimum absolute atomic E-state index is 0.632. The highest BCUT2D eigenvalue weighted by molar-refractivity contribution is 6.20. The number of rotatable bonds is 13. The lowest BCUT2D eigenvalue weighted by Crippen LogP contribution is -2.31. The zero-order chi connectivity index (χ0) is 54.4. The molecule has 0 saturated heterocycles. The van der Waals surface area contributed by atoms with Crippen LogP contribution in [0, 0.1) is 6.92 Å². The van der Waals surface area contributed by atoms with Gasteiger partial charge in [-0.3, -0.25) is 4.57 Å². The van der Waals surface area contributed by atoms with E-state index in [0.29, 0.717) is 5.82 Å². The number of aryl methyl sites for hydroxylation is 1. The van der Waals surface area contributed by atoms with E-state index >= 15 is 0 Å². The highest BCUT2D eigenvalue weighted by atomic mass is 15.2. The van der Waals surface area contributed by atoms with Crippen molar-refractivity contribution in [3.8, 4) is 28.2 Å². The van der Waals surface area contributed by atoms with Gasteiger partial charge >= 0.3 is 0 Å². The van der Waals surface area contributed by atoms with Crippen LogP contribution >= 0.6 is 0 Å². The second kappa shape index (κ2) is 20.7. The Labute approximate surface area is 467 Å². The van der Waals surface area contributed by atoms with Crippen LogP contribution in [0.1, 0.15) is 41.7 Å². The van der Waals surface area contributed by atoms with E-state index < -0.39 is 0 Å². The van der Waals surface area contributed by atoms with E-state index in [2.05, 4.69) is 294 Å². The van der Waals surface area contributed by atoms with Gasteiger partial charge in [-0.1, -0.05) is 141 Å². The second-order valence-electron chi connectivity index (χ2n) is 20.7. The molecule has 0 aliphatic carbocycles. The molecule has 384 valence electrons. The molecular formula is C74H60N6+2. The first-order chi connectivity index (χ1) is 39.2. The van der Waals surface area contributed by atoms with E-state index in [9.17, 15) is 0 Å². The smallest absolute Gasteiger partial charge is 0.213 e. The highest BCUT2D eigenvalue weighted by Crippen LogP contribution is 2.44. The maximum atomic E-state index is 5.40. The molecule has 1 aliphatic heterocycles. The molecule has 1 aliphatic rings. The lowest BCUT2D eigenvalue weighted by atomic mass is 9.99. The van der Waals surface area contributed by atoms with Crippen molar-refractivity contribution >= 4 is 77.7 Å². The van der Waals surface area contributed by atoms with Gasteiger partial charge < -0.3 is 9.47 Å². The van der Waals surface area contributed by atoms with Crippen molar-refractivity contribution in [3.05, 3.63) is 302 Å².